The van der Waals surface area contributed by atoms with E-state index in [9.17, 15) is 5.11 Å². The molecule has 2 heterocycles. The average Bonchev–Trinajstić information content (AvgIpc) is 2.95. The summed E-state index contributed by atoms with van der Waals surface area (Å²) >= 11 is 0. The highest BCUT2D eigenvalue weighted by Gasteiger charge is 2.21. The average molecular weight is 272 g/mol. The van der Waals surface area contributed by atoms with E-state index >= 15 is 0 Å². The van der Waals surface area contributed by atoms with Gasteiger partial charge in [-0.3, -0.25) is 4.68 Å². The summed E-state index contributed by atoms with van der Waals surface area (Å²) in [5.74, 6) is 0.856. The zero-order chi connectivity index (χ0) is 13.9. The van der Waals surface area contributed by atoms with Crippen LogP contribution in [0.5, 0.6) is 5.75 Å². The minimum absolute atomic E-state index is 0.673. The Balaban J connectivity index is 1.91. The molecule has 3 rings (SSSR count). The van der Waals surface area contributed by atoms with Gasteiger partial charge in [-0.2, -0.15) is 5.10 Å². The molecule has 1 aliphatic rings. The van der Waals surface area contributed by atoms with Gasteiger partial charge in [0.25, 0.3) is 0 Å². The smallest absolute Gasteiger partial charge is 0.128 e. The quantitative estimate of drug-likeness (QED) is 0.931. The van der Waals surface area contributed by atoms with Crippen LogP contribution in [0.4, 0.5) is 0 Å². The van der Waals surface area contributed by atoms with Gasteiger partial charge < -0.3 is 9.84 Å². The number of benzene rings is 1. The highest BCUT2D eigenvalue weighted by atomic mass is 16.5. The maximum Gasteiger partial charge on any atom is 0.128 e. The van der Waals surface area contributed by atoms with Gasteiger partial charge in [-0.25, -0.2) is 0 Å². The molecule has 1 unspecified atom stereocenters. The van der Waals surface area contributed by atoms with Crippen LogP contribution in [-0.2, 0) is 13.0 Å². The lowest BCUT2D eigenvalue weighted by Crippen LogP contribution is -2.12. The van der Waals surface area contributed by atoms with Gasteiger partial charge in [-0.1, -0.05) is 25.1 Å². The number of nitrogens with zero attached hydrogens (tertiary/aromatic N) is 2. The molecule has 20 heavy (non-hydrogen) atoms. The van der Waals surface area contributed by atoms with Gasteiger partial charge in [0.05, 0.1) is 12.8 Å². The summed E-state index contributed by atoms with van der Waals surface area (Å²) in [5, 5.41) is 14.9. The van der Waals surface area contributed by atoms with Crippen LogP contribution in [0.15, 0.2) is 30.6 Å². The first-order valence-corrected chi connectivity index (χ1v) is 7.24. The molecule has 4 nitrogen and oxygen atoms in total. The molecule has 0 fully saturated rings. The molecule has 0 spiro atoms. The van der Waals surface area contributed by atoms with Gasteiger partial charge in [-0.15, -0.1) is 0 Å². The van der Waals surface area contributed by atoms with Crippen LogP contribution < -0.4 is 4.74 Å². The number of ether oxygens (including phenoxy) is 1. The Hall–Kier alpha value is -1.81. The Morgan fingerprint density at radius 1 is 1.45 bits per heavy atom. The number of rotatable bonds is 4. The monoisotopic (exact) mass is 272 g/mol. The second-order valence-electron chi connectivity index (χ2n) is 5.23. The third-order valence-corrected chi connectivity index (χ3v) is 3.68. The van der Waals surface area contributed by atoms with Gasteiger partial charge >= 0.3 is 0 Å². The standard InChI is InChI=1S/C16H20N2O2/c1-2-8-18-11-13(10-17-18)15(19)14-7-3-5-12-6-4-9-20-16(12)14/h3,5,7,10-11,15,19H,2,4,6,8-9H2,1H3. The summed E-state index contributed by atoms with van der Waals surface area (Å²) in [5.41, 5.74) is 2.85. The maximum atomic E-state index is 10.6. The van der Waals surface area contributed by atoms with Crippen LogP contribution in [0, 0.1) is 0 Å². The van der Waals surface area contributed by atoms with Crippen molar-refractivity contribution in [1.82, 2.24) is 9.78 Å². The topological polar surface area (TPSA) is 47.3 Å². The summed E-state index contributed by atoms with van der Waals surface area (Å²) in [4.78, 5) is 0. The molecule has 0 saturated heterocycles. The molecule has 4 heteroatoms. The minimum Gasteiger partial charge on any atom is -0.493 e. The Morgan fingerprint density at radius 2 is 2.35 bits per heavy atom. The summed E-state index contributed by atoms with van der Waals surface area (Å²) in [6.45, 7) is 3.71. The Bertz CT molecular complexity index is 592. The first kappa shape index (κ1) is 13.2. The molecular formula is C16H20N2O2. The normalized spacial score (nSPS) is 15.5. The molecule has 1 aromatic heterocycles. The van der Waals surface area contributed by atoms with E-state index in [-0.39, 0.29) is 0 Å². The van der Waals surface area contributed by atoms with Crippen molar-refractivity contribution in [3.05, 3.63) is 47.3 Å². The Labute approximate surface area is 119 Å². The third kappa shape index (κ3) is 2.43. The van der Waals surface area contributed by atoms with Crippen LogP contribution in [0.3, 0.4) is 0 Å². The number of aromatic nitrogens is 2. The van der Waals surface area contributed by atoms with Gasteiger partial charge in [0.15, 0.2) is 0 Å². The van der Waals surface area contributed by atoms with Crippen molar-refractivity contribution in [1.29, 1.82) is 0 Å². The number of hydrogen-bond donors (Lipinski definition) is 1. The molecule has 0 saturated carbocycles. The van der Waals surface area contributed by atoms with Gasteiger partial charge in [-0.05, 0) is 24.8 Å². The molecule has 1 aliphatic heterocycles. The number of aliphatic hydroxyl groups is 1. The fourth-order valence-electron chi connectivity index (χ4n) is 2.68. The van der Waals surface area contributed by atoms with Crippen LogP contribution in [0.1, 0.15) is 42.6 Å². The molecule has 106 valence electrons. The van der Waals surface area contributed by atoms with E-state index in [0.717, 1.165) is 49.3 Å². The van der Waals surface area contributed by atoms with Crippen LogP contribution >= 0.6 is 0 Å². The number of fused-ring (bicyclic) bond motifs is 1. The molecule has 0 amide bonds. The molecule has 1 aromatic carbocycles. The van der Waals surface area contributed by atoms with E-state index in [2.05, 4.69) is 18.1 Å². The SMILES string of the molecule is CCCn1cc(C(O)c2cccc3c2OCCC3)cn1. The molecule has 0 aliphatic carbocycles. The first-order chi connectivity index (χ1) is 9.79. The lowest BCUT2D eigenvalue weighted by molar-refractivity contribution is 0.206. The van der Waals surface area contributed by atoms with E-state index in [4.69, 9.17) is 4.74 Å². The van der Waals surface area contributed by atoms with Crippen molar-refractivity contribution in [2.24, 2.45) is 0 Å². The molecule has 0 radical (unpaired) electrons. The predicted molar refractivity (Wildman–Crippen MR) is 76.8 cm³/mol. The third-order valence-electron chi connectivity index (χ3n) is 3.68. The molecule has 0 bridgehead atoms. The lowest BCUT2D eigenvalue weighted by Gasteiger charge is -2.22. The van der Waals surface area contributed by atoms with E-state index in [1.807, 2.05) is 23.0 Å². The Morgan fingerprint density at radius 3 is 3.20 bits per heavy atom. The van der Waals surface area contributed by atoms with Crippen LogP contribution in [0.2, 0.25) is 0 Å². The van der Waals surface area contributed by atoms with E-state index < -0.39 is 6.10 Å². The van der Waals surface area contributed by atoms with Crippen molar-refractivity contribution in [3.63, 3.8) is 0 Å². The van der Waals surface area contributed by atoms with Crippen LogP contribution in [-0.4, -0.2) is 21.5 Å². The van der Waals surface area contributed by atoms with Crippen molar-refractivity contribution in [2.45, 2.75) is 38.8 Å². The summed E-state index contributed by atoms with van der Waals surface area (Å²) in [6.07, 6.45) is 6.07. The van der Waals surface area contributed by atoms with Gasteiger partial charge in [0.1, 0.15) is 11.9 Å². The number of aryl methyl sites for hydroxylation is 2. The zero-order valence-electron chi connectivity index (χ0n) is 11.7. The number of para-hydroxylation sites is 1. The second kappa shape index (κ2) is 5.67. The van der Waals surface area contributed by atoms with E-state index in [1.165, 1.54) is 5.56 Å². The van der Waals surface area contributed by atoms with Crippen molar-refractivity contribution >= 4 is 0 Å². The fraction of sp³-hybridized carbons (Fsp3) is 0.438. The van der Waals surface area contributed by atoms with Gasteiger partial charge in [0, 0.05) is 23.9 Å². The van der Waals surface area contributed by atoms with Crippen molar-refractivity contribution < 1.29 is 9.84 Å². The van der Waals surface area contributed by atoms with Crippen molar-refractivity contribution in [3.8, 4) is 5.75 Å². The van der Waals surface area contributed by atoms with E-state index in [0.29, 0.717) is 0 Å². The summed E-state index contributed by atoms with van der Waals surface area (Å²) in [7, 11) is 0. The highest BCUT2D eigenvalue weighted by Crippen LogP contribution is 2.35. The number of aliphatic hydroxyl groups excluding tert-OH is 1. The van der Waals surface area contributed by atoms with E-state index in [1.54, 1.807) is 6.20 Å². The first-order valence-electron chi connectivity index (χ1n) is 7.24. The number of hydrogen-bond acceptors (Lipinski definition) is 3. The summed E-state index contributed by atoms with van der Waals surface area (Å²) < 4.78 is 7.63. The van der Waals surface area contributed by atoms with Crippen molar-refractivity contribution in [2.75, 3.05) is 6.61 Å². The molecular weight excluding hydrogens is 252 g/mol. The second-order valence-corrected chi connectivity index (χ2v) is 5.23. The zero-order valence-corrected chi connectivity index (χ0v) is 11.7. The maximum absolute atomic E-state index is 10.6. The minimum atomic E-state index is -0.673. The molecule has 1 N–H and O–H groups in total. The molecule has 2 aromatic rings. The summed E-state index contributed by atoms with van der Waals surface area (Å²) in [6, 6.07) is 6.00. The highest BCUT2D eigenvalue weighted by molar-refractivity contribution is 5.46. The van der Waals surface area contributed by atoms with Gasteiger partial charge in [0.2, 0.25) is 0 Å². The largest absolute Gasteiger partial charge is 0.493 e. The lowest BCUT2D eigenvalue weighted by atomic mass is 9.97. The fourth-order valence-corrected chi connectivity index (χ4v) is 2.68. The molecule has 1 atom stereocenters. The van der Waals surface area contributed by atoms with Crippen LogP contribution in [0.25, 0.3) is 0 Å². The Kier molecular flexibility index (Phi) is 3.74. The predicted octanol–water partition coefficient (Wildman–Crippen LogP) is 2.70.